The van der Waals surface area contributed by atoms with Crippen LogP contribution in [0.1, 0.15) is 45.7 Å². The number of esters is 1. The number of ether oxygens (including phenoxy) is 2. The maximum Gasteiger partial charge on any atom is 0.308 e. The highest BCUT2D eigenvalue weighted by Gasteiger charge is 2.31. The van der Waals surface area contributed by atoms with E-state index in [2.05, 4.69) is 0 Å². The molecule has 0 unspecified atom stereocenters. The van der Waals surface area contributed by atoms with Crippen molar-refractivity contribution < 1.29 is 18.7 Å². The molecule has 26 heavy (non-hydrogen) atoms. The van der Waals surface area contributed by atoms with Crippen molar-refractivity contribution in [3.8, 4) is 11.5 Å². The molecule has 0 aliphatic carbocycles. The highest BCUT2D eigenvalue weighted by Crippen LogP contribution is 2.45. The first kappa shape index (κ1) is 18.0. The van der Waals surface area contributed by atoms with Gasteiger partial charge in [-0.3, -0.25) is 9.59 Å². The predicted octanol–water partition coefficient (Wildman–Crippen LogP) is 4.41. The minimum absolute atomic E-state index is 0.185. The zero-order valence-corrected chi connectivity index (χ0v) is 15.6. The van der Waals surface area contributed by atoms with Crippen LogP contribution >= 0.6 is 0 Å². The van der Waals surface area contributed by atoms with Gasteiger partial charge in [-0.15, -0.1) is 0 Å². The number of carbonyl (C=O) groups is 1. The number of fused-ring (bicyclic) bond motifs is 2. The third kappa shape index (κ3) is 3.29. The van der Waals surface area contributed by atoms with Crippen molar-refractivity contribution in [1.82, 2.24) is 0 Å². The lowest BCUT2D eigenvalue weighted by Gasteiger charge is -2.30. The molecule has 2 aromatic rings. The molecule has 0 atom stereocenters. The van der Waals surface area contributed by atoms with Crippen LogP contribution in [0.3, 0.4) is 0 Å². The van der Waals surface area contributed by atoms with Gasteiger partial charge in [0, 0.05) is 18.6 Å². The van der Waals surface area contributed by atoms with Crippen LogP contribution in [0.15, 0.2) is 39.3 Å². The summed E-state index contributed by atoms with van der Waals surface area (Å²) in [4.78, 5) is 24.2. The second kappa shape index (κ2) is 6.48. The summed E-state index contributed by atoms with van der Waals surface area (Å²) in [7, 11) is 0. The lowest BCUT2D eigenvalue weighted by atomic mass is 9.94. The molecule has 0 N–H and O–H groups in total. The van der Waals surface area contributed by atoms with Crippen molar-refractivity contribution in [3.05, 3.63) is 51.4 Å². The molecule has 1 aliphatic rings. The Kier molecular flexibility index (Phi) is 4.48. The van der Waals surface area contributed by atoms with Crippen molar-refractivity contribution in [2.75, 3.05) is 0 Å². The fourth-order valence-corrected chi connectivity index (χ4v) is 2.95. The quantitative estimate of drug-likeness (QED) is 0.464. The van der Waals surface area contributed by atoms with Gasteiger partial charge in [-0.25, -0.2) is 0 Å². The molecule has 1 aliphatic heterocycles. The van der Waals surface area contributed by atoms with Crippen molar-refractivity contribution in [2.45, 2.75) is 46.6 Å². The number of hydrogen-bond acceptors (Lipinski definition) is 5. The molecule has 0 amide bonds. The lowest BCUT2D eigenvalue weighted by molar-refractivity contribution is -0.131. The first-order valence-corrected chi connectivity index (χ1v) is 8.50. The van der Waals surface area contributed by atoms with Gasteiger partial charge in [-0.1, -0.05) is 11.6 Å². The van der Waals surface area contributed by atoms with Crippen molar-refractivity contribution in [1.29, 1.82) is 0 Å². The SMILES string of the molecule is CC(=O)Oc1c2c(c(CC=C(C)C)c3occc(=O)c13)OC(C)(C)C=C2. The molecule has 5 heteroatoms. The smallest absolute Gasteiger partial charge is 0.308 e. The van der Waals surface area contributed by atoms with Crippen molar-refractivity contribution >= 4 is 23.0 Å². The van der Waals surface area contributed by atoms with Crippen LogP contribution in [0.5, 0.6) is 11.5 Å². The van der Waals surface area contributed by atoms with Crippen LogP contribution in [0, 0.1) is 0 Å². The van der Waals surface area contributed by atoms with Crippen LogP contribution in [0.25, 0.3) is 17.0 Å². The number of hydrogen-bond donors (Lipinski definition) is 0. The topological polar surface area (TPSA) is 65.7 Å². The molecule has 2 heterocycles. The molecule has 0 fully saturated rings. The number of rotatable bonds is 3. The molecule has 5 nitrogen and oxygen atoms in total. The summed E-state index contributed by atoms with van der Waals surface area (Å²) in [6.07, 6.45) is 7.66. The number of carbonyl (C=O) groups excluding carboxylic acids is 1. The van der Waals surface area contributed by atoms with E-state index in [-0.39, 0.29) is 16.6 Å². The van der Waals surface area contributed by atoms with E-state index < -0.39 is 11.6 Å². The third-order valence-corrected chi connectivity index (χ3v) is 4.12. The van der Waals surface area contributed by atoms with Gasteiger partial charge in [0.2, 0.25) is 0 Å². The Morgan fingerprint density at radius 3 is 2.65 bits per heavy atom. The molecule has 0 bridgehead atoms. The molecule has 1 aromatic carbocycles. The molecule has 0 saturated carbocycles. The minimum Gasteiger partial charge on any atom is -0.483 e. The van der Waals surface area contributed by atoms with E-state index in [1.54, 1.807) is 0 Å². The van der Waals surface area contributed by atoms with Gasteiger partial charge in [0.1, 0.15) is 22.3 Å². The molecule has 0 radical (unpaired) electrons. The van der Waals surface area contributed by atoms with Gasteiger partial charge in [-0.2, -0.15) is 0 Å². The zero-order valence-electron chi connectivity index (χ0n) is 15.6. The molecular weight excluding hydrogens is 332 g/mol. The summed E-state index contributed by atoms with van der Waals surface area (Å²) < 4.78 is 17.3. The molecule has 0 spiro atoms. The van der Waals surface area contributed by atoms with E-state index in [0.29, 0.717) is 23.3 Å². The summed E-state index contributed by atoms with van der Waals surface area (Å²) in [5, 5.41) is 0.256. The zero-order chi connectivity index (χ0) is 19.1. The molecule has 0 saturated heterocycles. The fourth-order valence-electron chi connectivity index (χ4n) is 2.95. The van der Waals surface area contributed by atoms with Gasteiger partial charge in [0.05, 0.1) is 11.8 Å². The maximum atomic E-state index is 12.6. The standard InChI is InChI=1S/C21H22O5/c1-12(2)6-7-14-18-15(8-10-21(4,5)26-18)20(25-13(3)22)17-16(23)9-11-24-19(14)17/h6,8-11H,7H2,1-5H3. The highest BCUT2D eigenvalue weighted by atomic mass is 16.5. The van der Waals surface area contributed by atoms with E-state index in [0.717, 1.165) is 11.1 Å². The summed E-state index contributed by atoms with van der Waals surface area (Å²) >= 11 is 0. The minimum atomic E-state index is -0.525. The fraction of sp³-hybridized carbons (Fsp3) is 0.333. The van der Waals surface area contributed by atoms with Gasteiger partial charge in [0.25, 0.3) is 0 Å². The van der Waals surface area contributed by atoms with Gasteiger partial charge in [-0.05, 0) is 46.3 Å². The molecule has 3 rings (SSSR count). The van der Waals surface area contributed by atoms with Crippen molar-refractivity contribution in [2.24, 2.45) is 0 Å². The Morgan fingerprint density at radius 1 is 1.27 bits per heavy atom. The van der Waals surface area contributed by atoms with Crippen LogP contribution < -0.4 is 14.9 Å². The largest absolute Gasteiger partial charge is 0.483 e. The van der Waals surface area contributed by atoms with Crippen molar-refractivity contribution in [3.63, 3.8) is 0 Å². The summed E-state index contributed by atoms with van der Waals surface area (Å²) in [6.45, 7) is 9.19. The molecule has 1 aromatic heterocycles. The Morgan fingerprint density at radius 2 is 2.00 bits per heavy atom. The van der Waals surface area contributed by atoms with Crippen LogP contribution in [0.4, 0.5) is 0 Å². The average molecular weight is 354 g/mol. The van der Waals surface area contributed by atoms with Gasteiger partial charge in [0.15, 0.2) is 11.2 Å². The Labute approximate surface area is 151 Å². The predicted molar refractivity (Wildman–Crippen MR) is 101 cm³/mol. The van der Waals surface area contributed by atoms with E-state index in [1.165, 1.54) is 19.3 Å². The Balaban J connectivity index is 2.44. The van der Waals surface area contributed by atoms with E-state index in [9.17, 15) is 9.59 Å². The summed E-state index contributed by atoms with van der Waals surface area (Å²) in [5.74, 6) is 0.254. The van der Waals surface area contributed by atoms with Gasteiger partial charge < -0.3 is 13.9 Å². The first-order chi connectivity index (χ1) is 12.2. The van der Waals surface area contributed by atoms with Crippen LogP contribution in [-0.4, -0.2) is 11.6 Å². The van der Waals surface area contributed by atoms with E-state index in [1.807, 2.05) is 45.9 Å². The monoisotopic (exact) mass is 354 g/mol. The van der Waals surface area contributed by atoms with E-state index in [4.69, 9.17) is 13.9 Å². The van der Waals surface area contributed by atoms with Gasteiger partial charge >= 0.3 is 5.97 Å². The summed E-state index contributed by atoms with van der Waals surface area (Å²) in [5.41, 5.74) is 2.09. The number of benzene rings is 1. The molecular formula is C21H22O5. The second-order valence-electron chi connectivity index (χ2n) is 7.16. The lowest BCUT2D eigenvalue weighted by Crippen LogP contribution is -2.28. The Bertz CT molecular complexity index is 1000. The highest BCUT2D eigenvalue weighted by molar-refractivity contribution is 5.96. The van der Waals surface area contributed by atoms with Crippen LogP contribution in [0.2, 0.25) is 0 Å². The normalized spacial score (nSPS) is 14.5. The second-order valence-corrected chi connectivity index (χ2v) is 7.16. The summed E-state index contributed by atoms with van der Waals surface area (Å²) in [6, 6.07) is 1.32. The number of allylic oxidation sites excluding steroid dienone is 2. The third-order valence-electron chi connectivity index (χ3n) is 4.12. The molecule has 136 valence electrons. The van der Waals surface area contributed by atoms with E-state index >= 15 is 0 Å². The Hall–Kier alpha value is -2.82. The maximum absolute atomic E-state index is 12.6. The first-order valence-electron chi connectivity index (χ1n) is 8.50. The average Bonchev–Trinajstić information content (AvgIpc) is 2.52. The van der Waals surface area contributed by atoms with Crippen LogP contribution in [-0.2, 0) is 11.2 Å².